The molecule has 0 saturated heterocycles. The highest BCUT2D eigenvalue weighted by molar-refractivity contribution is 5.81. The maximum absolute atomic E-state index is 12.5. The van der Waals surface area contributed by atoms with Gasteiger partial charge in [0.1, 0.15) is 5.75 Å². The van der Waals surface area contributed by atoms with Gasteiger partial charge in [0.05, 0.1) is 13.2 Å². The predicted octanol–water partition coefficient (Wildman–Crippen LogP) is 4.39. The van der Waals surface area contributed by atoms with Gasteiger partial charge in [0.25, 0.3) is 5.91 Å². The van der Waals surface area contributed by atoms with Gasteiger partial charge in [0.15, 0.2) is 17.6 Å². The minimum atomic E-state index is -0.543. The molecule has 0 fully saturated rings. The van der Waals surface area contributed by atoms with Crippen LogP contribution in [0.5, 0.6) is 17.2 Å². The minimum absolute atomic E-state index is 0.106. The molecule has 5 heteroatoms. The van der Waals surface area contributed by atoms with Gasteiger partial charge < -0.3 is 19.5 Å². The van der Waals surface area contributed by atoms with Crippen LogP contribution in [0.25, 0.3) is 0 Å². The Bertz CT molecular complexity index is 745. The van der Waals surface area contributed by atoms with E-state index in [4.69, 9.17) is 14.2 Å². The van der Waals surface area contributed by atoms with Gasteiger partial charge in [-0.05, 0) is 62.9 Å². The number of carbonyl (C=O) groups is 1. The van der Waals surface area contributed by atoms with E-state index in [0.717, 1.165) is 18.6 Å². The molecule has 0 heterocycles. The van der Waals surface area contributed by atoms with Crippen LogP contribution in [0.2, 0.25) is 0 Å². The number of carbonyl (C=O) groups excluding carboxylic acids is 1. The van der Waals surface area contributed by atoms with Crippen molar-refractivity contribution in [3.05, 3.63) is 54.1 Å². The first kappa shape index (κ1) is 21.6. The fourth-order valence-electron chi connectivity index (χ4n) is 2.86. The fraction of sp³-hybridized carbons (Fsp3) is 0.435. The topological polar surface area (TPSA) is 56.8 Å². The Balaban J connectivity index is 1.80. The molecule has 1 atom stereocenters. The van der Waals surface area contributed by atoms with Gasteiger partial charge in [0.2, 0.25) is 0 Å². The van der Waals surface area contributed by atoms with Crippen molar-refractivity contribution in [3.63, 3.8) is 0 Å². The second-order valence-corrected chi connectivity index (χ2v) is 6.87. The van der Waals surface area contributed by atoms with Crippen molar-refractivity contribution in [2.45, 2.75) is 52.2 Å². The molecule has 28 heavy (non-hydrogen) atoms. The quantitative estimate of drug-likeness (QED) is 0.583. The van der Waals surface area contributed by atoms with Crippen molar-refractivity contribution in [1.82, 2.24) is 5.32 Å². The summed E-state index contributed by atoms with van der Waals surface area (Å²) in [5.41, 5.74) is 1.20. The summed E-state index contributed by atoms with van der Waals surface area (Å²) in [7, 11) is 1.59. The molecule has 152 valence electrons. The number of hydrogen-bond acceptors (Lipinski definition) is 4. The van der Waals surface area contributed by atoms with Crippen LogP contribution in [0.15, 0.2) is 48.5 Å². The van der Waals surface area contributed by atoms with E-state index < -0.39 is 6.10 Å². The number of aryl methyl sites for hydroxylation is 1. The summed E-state index contributed by atoms with van der Waals surface area (Å²) in [5, 5.41) is 2.97. The lowest BCUT2D eigenvalue weighted by Gasteiger charge is -2.18. The SMILES string of the molecule is CCC(Oc1ccccc1OC)C(=O)NCCCc1cccc(OC(C)C)c1. The third-order valence-electron chi connectivity index (χ3n) is 4.21. The van der Waals surface area contributed by atoms with E-state index in [0.29, 0.717) is 24.5 Å². The maximum Gasteiger partial charge on any atom is 0.261 e. The Morgan fingerprint density at radius 1 is 1.04 bits per heavy atom. The van der Waals surface area contributed by atoms with Crippen LogP contribution in [-0.4, -0.2) is 31.8 Å². The molecular weight excluding hydrogens is 354 g/mol. The number of benzene rings is 2. The van der Waals surface area contributed by atoms with E-state index in [-0.39, 0.29) is 12.0 Å². The molecule has 0 aliphatic carbocycles. The van der Waals surface area contributed by atoms with Gasteiger partial charge >= 0.3 is 0 Å². The van der Waals surface area contributed by atoms with Gasteiger partial charge in [-0.2, -0.15) is 0 Å². The number of rotatable bonds is 11. The van der Waals surface area contributed by atoms with E-state index in [1.165, 1.54) is 5.56 Å². The van der Waals surface area contributed by atoms with Crippen molar-refractivity contribution in [3.8, 4) is 17.2 Å². The lowest BCUT2D eigenvalue weighted by molar-refractivity contribution is -0.128. The zero-order valence-corrected chi connectivity index (χ0v) is 17.2. The molecule has 1 N–H and O–H groups in total. The van der Waals surface area contributed by atoms with E-state index in [1.807, 2.05) is 51.1 Å². The fourth-order valence-corrected chi connectivity index (χ4v) is 2.86. The number of hydrogen-bond donors (Lipinski definition) is 1. The third-order valence-corrected chi connectivity index (χ3v) is 4.21. The zero-order valence-electron chi connectivity index (χ0n) is 17.2. The van der Waals surface area contributed by atoms with Gasteiger partial charge in [-0.1, -0.05) is 31.2 Å². The standard InChI is InChI=1S/C23H31NO4/c1-5-20(28-22-14-7-6-13-21(22)26-4)23(25)24-15-9-11-18-10-8-12-19(16-18)27-17(2)3/h6-8,10,12-14,16-17,20H,5,9,11,15H2,1-4H3,(H,24,25). The number of methoxy groups -OCH3 is 1. The molecule has 0 radical (unpaired) electrons. The lowest BCUT2D eigenvalue weighted by Crippen LogP contribution is -2.38. The summed E-state index contributed by atoms with van der Waals surface area (Å²) in [6, 6.07) is 15.5. The Hall–Kier alpha value is -2.69. The highest BCUT2D eigenvalue weighted by Crippen LogP contribution is 2.27. The van der Waals surface area contributed by atoms with Crippen LogP contribution in [0.1, 0.15) is 39.2 Å². The molecule has 0 aromatic heterocycles. The summed E-state index contributed by atoms with van der Waals surface area (Å²) in [6.45, 7) is 6.55. The minimum Gasteiger partial charge on any atom is -0.493 e. The first-order valence-corrected chi connectivity index (χ1v) is 9.86. The highest BCUT2D eigenvalue weighted by Gasteiger charge is 2.19. The predicted molar refractivity (Wildman–Crippen MR) is 111 cm³/mol. The number of amides is 1. The Labute approximate surface area is 168 Å². The first-order chi connectivity index (χ1) is 13.5. The van der Waals surface area contributed by atoms with Crippen LogP contribution >= 0.6 is 0 Å². The Morgan fingerprint density at radius 2 is 1.79 bits per heavy atom. The molecule has 0 aliphatic rings. The molecule has 0 spiro atoms. The molecule has 0 aliphatic heterocycles. The molecule has 0 saturated carbocycles. The van der Waals surface area contributed by atoms with Gasteiger partial charge in [0, 0.05) is 6.54 Å². The van der Waals surface area contributed by atoms with Crippen molar-refractivity contribution in [2.24, 2.45) is 0 Å². The van der Waals surface area contributed by atoms with E-state index in [2.05, 4.69) is 17.4 Å². The van der Waals surface area contributed by atoms with Gasteiger partial charge in [-0.3, -0.25) is 4.79 Å². The molecule has 2 aromatic carbocycles. The summed E-state index contributed by atoms with van der Waals surface area (Å²) >= 11 is 0. The first-order valence-electron chi connectivity index (χ1n) is 9.86. The summed E-state index contributed by atoms with van der Waals surface area (Å²) in [6.07, 6.45) is 1.92. The van der Waals surface area contributed by atoms with Crippen molar-refractivity contribution >= 4 is 5.91 Å². The molecule has 5 nitrogen and oxygen atoms in total. The van der Waals surface area contributed by atoms with Gasteiger partial charge in [-0.15, -0.1) is 0 Å². The number of nitrogens with one attached hydrogen (secondary N) is 1. The average molecular weight is 386 g/mol. The van der Waals surface area contributed by atoms with Crippen molar-refractivity contribution in [2.75, 3.05) is 13.7 Å². The Morgan fingerprint density at radius 3 is 2.46 bits per heavy atom. The second-order valence-electron chi connectivity index (χ2n) is 6.87. The lowest BCUT2D eigenvalue weighted by atomic mass is 10.1. The third kappa shape index (κ3) is 6.80. The summed E-state index contributed by atoms with van der Waals surface area (Å²) in [5.74, 6) is 1.98. The van der Waals surface area contributed by atoms with E-state index in [1.54, 1.807) is 13.2 Å². The van der Waals surface area contributed by atoms with Crippen LogP contribution < -0.4 is 19.5 Å². The largest absolute Gasteiger partial charge is 0.493 e. The monoisotopic (exact) mass is 385 g/mol. The average Bonchev–Trinajstić information content (AvgIpc) is 2.69. The van der Waals surface area contributed by atoms with Crippen molar-refractivity contribution < 1.29 is 19.0 Å². The summed E-state index contributed by atoms with van der Waals surface area (Å²) in [4.78, 5) is 12.5. The van der Waals surface area contributed by atoms with Crippen molar-refractivity contribution in [1.29, 1.82) is 0 Å². The van der Waals surface area contributed by atoms with E-state index in [9.17, 15) is 4.79 Å². The molecule has 0 bridgehead atoms. The van der Waals surface area contributed by atoms with Crippen LogP contribution in [0.3, 0.4) is 0 Å². The smallest absolute Gasteiger partial charge is 0.261 e. The van der Waals surface area contributed by atoms with E-state index >= 15 is 0 Å². The molecule has 1 unspecified atom stereocenters. The zero-order chi connectivity index (χ0) is 20.4. The van der Waals surface area contributed by atoms with Crippen LogP contribution in [-0.2, 0) is 11.2 Å². The highest BCUT2D eigenvalue weighted by atomic mass is 16.5. The van der Waals surface area contributed by atoms with Crippen LogP contribution in [0, 0.1) is 0 Å². The Kier molecular flexibility index (Phi) is 8.66. The van der Waals surface area contributed by atoms with Crippen LogP contribution in [0.4, 0.5) is 0 Å². The maximum atomic E-state index is 12.5. The molecular formula is C23H31NO4. The molecule has 1 amide bonds. The number of para-hydroxylation sites is 2. The normalized spacial score (nSPS) is 11.8. The number of ether oxygens (including phenoxy) is 3. The second kappa shape index (κ2) is 11.2. The molecule has 2 aromatic rings. The summed E-state index contributed by atoms with van der Waals surface area (Å²) < 4.78 is 16.9. The van der Waals surface area contributed by atoms with Gasteiger partial charge in [-0.25, -0.2) is 0 Å². The molecule has 2 rings (SSSR count).